The van der Waals surface area contributed by atoms with Crippen LogP contribution >= 0.6 is 0 Å². The molecule has 41 heavy (non-hydrogen) atoms. The number of anilines is 1. The number of aromatic nitrogens is 4. The van der Waals surface area contributed by atoms with Gasteiger partial charge in [-0.2, -0.15) is 9.97 Å². The topological polar surface area (TPSA) is 92.6 Å². The second-order valence-electron chi connectivity index (χ2n) is 11.4. The lowest BCUT2D eigenvalue weighted by Crippen LogP contribution is -2.22. The third kappa shape index (κ3) is 6.13. The summed E-state index contributed by atoms with van der Waals surface area (Å²) in [6, 6.07) is 17.2. The van der Waals surface area contributed by atoms with Crippen LogP contribution in [0.1, 0.15) is 5.56 Å². The van der Waals surface area contributed by atoms with Crippen molar-refractivity contribution in [2.45, 2.75) is 39.0 Å². The molecule has 10 heteroatoms. The molecule has 0 fully saturated rings. The third-order valence-electron chi connectivity index (χ3n) is 7.00. The zero-order valence-corrected chi connectivity index (χ0v) is 24.9. The molecule has 0 saturated heterocycles. The second-order valence-corrected chi connectivity index (χ2v) is 17.0. The van der Waals surface area contributed by atoms with Gasteiger partial charge in [0.2, 0.25) is 11.8 Å². The van der Waals surface area contributed by atoms with E-state index >= 15 is 0 Å². The Morgan fingerprint density at radius 1 is 0.976 bits per heavy atom. The smallest absolute Gasteiger partial charge is 0.228 e. The first-order chi connectivity index (χ1) is 19.9. The average molecular weight is 570 g/mol. The Balaban J connectivity index is 1.49. The van der Waals surface area contributed by atoms with Crippen LogP contribution in [-0.4, -0.2) is 54.5 Å². The maximum atomic E-state index is 6.42. The molecule has 212 valence electrons. The zero-order chi connectivity index (χ0) is 28.4. The highest BCUT2D eigenvalue weighted by Gasteiger charge is 2.21. The fourth-order valence-electron chi connectivity index (χ4n) is 4.78. The first-order valence-corrected chi connectivity index (χ1v) is 17.6. The molecule has 6 rings (SSSR count). The number of rotatable bonds is 6. The highest BCUT2D eigenvalue weighted by molar-refractivity contribution is 6.76. The van der Waals surface area contributed by atoms with E-state index < -0.39 is 8.07 Å². The first-order valence-electron chi connectivity index (χ1n) is 13.9. The quantitative estimate of drug-likeness (QED) is 0.187. The molecule has 0 aliphatic carbocycles. The lowest BCUT2D eigenvalue weighted by molar-refractivity contribution is 0.0899. The lowest BCUT2D eigenvalue weighted by Gasteiger charge is -2.15. The summed E-state index contributed by atoms with van der Waals surface area (Å²) in [6.45, 7) is 9.29. The van der Waals surface area contributed by atoms with Crippen LogP contribution < -0.4 is 19.5 Å². The number of nitrogens with zero attached hydrogens (tertiary/aromatic N) is 4. The number of hydrogen-bond donors (Lipinski definition) is 1. The molecule has 1 aliphatic rings. The number of fused-ring (bicyclic) bond motifs is 5. The summed E-state index contributed by atoms with van der Waals surface area (Å²) in [6.07, 6.45) is 3.83. The Morgan fingerprint density at radius 2 is 1.83 bits per heavy atom. The van der Waals surface area contributed by atoms with Crippen molar-refractivity contribution in [3.8, 4) is 28.5 Å². The van der Waals surface area contributed by atoms with Gasteiger partial charge in [0.15, 0.2) is 5.65 Å². The van der Waals surface area contributed by atoms with Crippen LogP contribution in [0.3, 0.4) is 0 Å². The van der Waals surface area contributed by atoms with E-state index in [0.29, 0.717) is 50.7 Å². The van der Waals surface area contributed by atoms with Gasteiger partial charge in [-0.3, -0.25) is 4.98 Å². The van der Waals surface area contributed by atoms with Gasteiger partial charge in [-0.15, -0.1) is 0 Å². The molecule has 2 aromatic carbocycles. The predicted octanol–water partition coefficient (Wildman–Crippen LogP) is 6.35. The maximum absolute atomic E-state index is 6.42. The Morgan fingerprint density at radius 3 is 2.66 bits per heavy atom. The molecule has 1 N–H and O–H groups in total. The molecule has 0 saturated carbocycles. The van der Waals surface area contributed by atoms with Crippen molar-refractivity contribution in [1.82, 2.24) is 19.5 Å². The monoisotopic (exact) mass is 569 g/mol. The molecule has 0 unspecified atom stereocenters. The van der Waals surface area contributed by atoms with Crippen LogP contribution in [0.4, 0.5) is 5.95 Å². The van der Waals surface area contributed by atoms with Crippen molar-refractivity contribution in [1.29, 1.82) is 0 Å². The highest BCUT2D eigenvalue weighted by Crippen LogP contribution is 2.38. The van der Waals surface area contributed by atoms with E-state index in [2.05, 4.69) is 48.3 Å². The second kappa shape index (κ2) is 11.4. The molecule has 1 aliphatic heterocycles. The van der Waals surface area contributed by atoms with Crippen LogP contribution in [0.15, 0.2) is 60.9 Å². The van der Waals surface area contributed by atoms with Crippen molar-refractivity contribution in [2.75, 3.05) is 32.2 Å². The molecule has 0 radical (unpaired) electrons. The number of nitrogens with one attached hydrogen (secondary N) is 1. The van der Waals surface area contributed by atoms with Crippen molar-refractivity contribution < 1.29 is 18.9 Å². The Bertz CT molecular complexity index is 1700. The van der Waals surface area contributed by atoms with Gasteiger partial charge in [0, 0.05) is 38.9 Å². The van der Waals surface area contributed by atoms with E-state index in [1.807, 2.05) is 48.0 Å². The molecular weight excluding hydrogens is 534 g/mol. The van der Waals surface area contributed by atoms with Crippen molar-refractivity contribution in [3.05, 3.63) is 66.5 Å². The molecule has 5 bridgehead atoms. The zero-order valence-electron chi connectivity index (χ0n) is 23.9. The molecule has 0 atom stereocenters. The Hall–Kier alpha value is -4.15. The Kier molecular flexibility index (Phi) is 7.50. The van der Waals surface area contributed by atoms with Crippen LogP contribution in [0, 0.1) is 0 Å². The van der Waals surface area contributed by atoms with E-state index in [9.17, 15) is 0 Å². The summed E-state index contributed by atoms with van der Waals surface area (Å²) in [5.74, 6) is 2.43. The van der Waals surface area contributed by atoms with Crippen LogP contribution in [0.5, 0.6) is 17.4 Å². The molecule has 0 spiro atoms. The number of ether oxygens (including phenoxy) is 4. The van der Waals surface area contributed by atoms with Gasteiger partial charge in [0.1, 0.15) is 38.1 Å². The van der Waals surface area contributed by atoms with Crippen LogP contribution in [0.25, 0.3) is 33.1 Å². The molecule has 4 heterocycles. The fourth-order valence-corrected chi connectivity index (χ4v) is 5.54. The molecule has 3 aromatic heterocycles. The summed E-state index contributed by atoms with van der Waals surface area (Å²) in [7, 11) is 0.592. The molecule has 9 nitrogen and oxygen atoms in total. The van der Waals surface area contributed by atoms with Crippen LogP contribution in [-0.2, 0) is 18.1 Å². The van der Waals surface area contributed by atoms with Crippen molar-refractivity contribution in [2.24, 2.45) is 0 Å². The summed E-state index contributed by atoms with van der Waals surface area (Å²) in [4.78, 5) is 14.2. The minimum Gasteiger partial charge on any atom is -0.490 e. The summed E-state index contributed by atoms with van der Waals surface area (Å²) in [5, 5.41) is 4.89. The van der Waals surface area contributed by atoms with Gasteiger partial charge in [-0.05, 0) is 47.5 Å². The lowest BCUT2D eigenvalue weighted by atomic mass is 10.0. The van der Waals surface area contributed by atoms with E-state index in [4.69, 9.17) is 28.9 Å². The normalized spacial score (nSPS) is 13.6. The summed E-state index contributed by atoms with van der Waals surface area (Å²) >= 11 is 0. The molecular formula is C31H35N5O4Si. The van der Waals surface area contributed by atoms with Crippen LogP contribution in [0.2, 0.25) is 25.7 Å². The number of benzene rings is 2. The SMILES string of the molecule is CNc1nc2c3c(cn(COCC[Si](C)(C)C)c3n1)-c1ccc3ncc(cc3c1)OCCOc1cccc(c1)CO2. The van der Waals surface area contributed by atoms with Gasteiger partial charge in [-0.1, -0.05) is 37.8 Å². The number of pyridine rings is 1. The predicted molar refractivity (Wildman–Crippen MR) is 164 cm³/mol. The third-order valence-corrected chi connectivity index (χ3v) is 8.70. The Labute approximate surface area is 240 Å². The fraction of sp³-hybridized carbons (Fsp3) is 0.323. The minimum absolute atomic E-state index is 0.323. The first kappa shape index (κ1) is 27.0. The summed E-state index contributed by atoms with van der Waals surface area (Å²) in [5.41, 5.74) is 4.56. The van der Waals surface area contributed by atoms with Gasteiger partial charge >= 0.3 is 0 Å². The molecule has 5 aromatic rings. The maximum Gasteiger partial charge on any atom is 0.228 e. The van der Waals surface area contributed by atoms with E-state index in [-0.39, 0.29) is 0 Å². The number of hydrogen-bond acceptors (Lipinski definition) is 8. The standard InChI is InChI=1S/C31H35N5O4Si/c1-32-31-34-29-28-26(18-36(29)20-37-12-13-41(2,3)4)22-8-9-27-23(15-22)16-25(17-33-27)39-11-10-38-24-7-5-6-21(14-24)19-40-30(28)35-31/h5-9,14-18H,10-13,19-20H2,1-4H3,(H,32,34,35). The van der Waals surface area contributed by atoms with Gasteiger partial charge in [0.25, 0.3) is 0 Å². The highest BCUT2D eigenvalue weighted by atomic mass is 28.3. The molecule has 0 amide bonds. The van der Waals surface area contributed by atoms with Gasteiger partial charge in [0.05, 0.1) is 17.1 Å². The van der Waals surface area contributed by atoms with Gasteiger partial charge < -0.3 is 28.8 Å². The summed E-state index contributed by atoms with van der Waals surface area (Å²) < 4.78 is 26.5. The van der Waals surface area contributed by atoms with E-state index in [0.717, 1.165) is 50.4 Å². The van der Waals surface area contributed by atoms with E-state index in [1.54, 1.807) is 6.20 Å². The minimum atomic E-state index is -1.21. The van der Waals surface area contributed by atoms with Crippen molar-refractivity contribution >= 4 is 36.0 Å². The van der Waals surface area contributed by atoms with E-state index in [1.165, 1.54) is 0 Å². The largest absolute Gasteiger partial charge is 0.490 e. The average Bonchev–Trinajstić information content (AvgIpc) is 3.33. The van der Waals surface area contributed by atoms with Gasteiger partial charge in [-0.25, -0.2) is 0 Å². The van der Waals surface area contributed by atoms with Crippen molar-refractivity contribution in [3.63, 3.8) is 0 Å².